The van der Waals surface area contributed by atoms with Crippen LogP contribution in [0.25, 0.3) is 0 Å². The normalized spacial score (nSPS) is 36.8. The van der Waals surface area contributed by atoms with E-state index in [1.807, 2.05) is 0 Å². The molecule has 0 aromatic heterocycles. The van der Waals surface area contributed by atoms with E-state index in [0.29, 0.717) is 0 Å². The molecule has 4 heterocycles. The van der Waals surface area contributed by atoms with Crippen molar-refractivity contribution in [2.75, 3.05) is 0 Å². The molecule has 4 rings (SSSR count). The van der Waals surface area contributed by atoms with E-state index < -0.39 is 63.2 Å². The van der Waals surface area contributed by atoms with Gasteiger partial charge in [-0.3, -0.25) is 0 Å². The van der Waals surface area contributed by atoms with Crippen molar-refractivity contribution in [2.45, 2.75) is 79.6 Å². The van der Waals surface area contributed by atoms with Gasteiger partial charge in [-0.15, -0.1) is 0 Å². The van der Waals surface area contributed by atoms with Gasteiger partial charge in [-0.1, -0.05) is 0 Å². The van der Waals surface area contributed by atoms with Crippen LogP contribution in [0.1, 0.15) is 55.4 Å². The number of nitrogens with one attached hydrogen (secondary N) is 4. The van der Waals surface area contributed by atoms with Crippen molar-refractivity contribution >= 4 is 39.0 Å². The molecule has 4 fully saturated rings. The van der Waals surface area contributed by atoms with Crippen molar-refractivity contribution < 1.29 is 41.6 Å². The zero-order chi connectivity index (χ0) is 26.2. The average Bonchev–Trinajstić information content (AvgIpc) is 3.36. The van der Waals surface area contributed by atoms with Crippen LogP contribution in [-0.4, -0.2) is 48.0 Å². The zero-order valence-corrected chi connectivity index (χ0v) is 23.0. The third-order valence-electron chi connectivity index (χ3n) is 6.45. The first-order valence-electron chi connectivity index (χ1n) is 11.9. The number of hydrogen-bond donors (Lipinski definition) is 4. The quantitative estimate of drug-likeness (QED) is 0.363. The monoisotopic (exact) mass is 538 g/mol. The van der Waals surface area contributed by atoms with E-state index in [1.54, 1.807) is 55.4 Å². The van der Waals surface area contributed by atoms with Gasteiger partial charge in [0.05, 0.1) is 0 Å². The van der Waals surface area contributed by atoms with Gasteiger partial charge in [-0.05, 0) is 0 Å². The molecule has 4 saturated heterocycles. The van der Waals surface area contributed by atoms with E-state index in [4.69, 9.17) is 22.4 Å². The summed E-state index contributed by atoms with van der Waals surface area (Å²) in [6, 6.07) is -3.63. The van der Waals surface area contributed by atoms with E-state index in [9.17, 15) is 19.2 Å². The fraction of sp³-hybridized carbons (Fsp3) is 0.800. The predicted molar refractivity (Wildman–Crippen MR) is 126 cm³/mol. The summed E-state index contributed by atoms with van der Waals surface area (Å²) in [5.74, 6) is -3.94. The van der Waals surface area contributed by atoms with Crippen LogP contribution in [0.5, 0.6) is 0 Å². The number of carbonyl (C=O) groups is 4. The minimum absolute atomic E-state index is 0.273. The Labute approximate surface area is 204 Å². The molecule has 0 bridgehead atoms. The zero-order valence-electron chi connectivity index (χ0n) is 21.2. The van der Waals surface area contributed by atoms with Crippen LogP contribution < -0.4 is 20.3 Å². The summed E-state index contributed by atoms with van der Waals surface area (Å²) in [6.07, 6.45) is 0. The van der Waals surface area contributed by atoms with Crippen molar-refractivity contribution in [1.82, 2.24) is 20.3 Å². The molecule has 15 heteroatoms. The second-order valence-electron chi connectivity index (χ2n) is 10.9. The predicted octanol–water partition coefficient (Wildman–Crippen LogP) is 1.94. The van der Waals surface area contributed by atoms with Gasteiger partial charge in [0, 0.05) is 0 Å². The molecule has 0 saturated carbocycles. The van der Waals surface area contributed by atoms with Gasteiger partial charge in [0.2, 0.25) is 0 Å². The van der Waals surface area contributed by atoms with Crippen LogP contribution in [0.2, 0.25) is 0 Å². The van der Waals surface area contributed by atoms with E-state index in [0.717, 1.165) is 0 Å². The summed E-state index contributed by atoms with van der Waals surface area (Å²) in [6.45, 7) is 14.3. The Morgan fingerprint density at radius 1 is 0.514 bits per heavy atom. The molecule has 13 nitrogen and oxygen atoms in total. The molecule has 4 aliphatic rings. The molecule has 4 N–H and O–H groups in total. The SMILES string of the molecule is CC(C)C1NP2(OP34(NC(C(C)C)C(=O)O3)NC(C(C)C)C(=O)O4)(NC(C(C)C)C(=O)O2)OC1=O. The first-order valence-corrected chi connectivity index (χ1v) is 15.9. The summed E-state index contributed by atoms with van der Waals surface area (Å²) < 4.78 is 29.7. The van der Waals surface area contributed by atoms with Crippen molar-refractivity contribution in [2.24, 2.45) is 23.7 Å². The van der Waals surface area contributed by atoms with E-state index in [1.165, 1.54) is 0 Å². The van der Waals surface area contributed by atoms with Gasteiger partial charge in [-0.25, -0.2) is 0 Å². The first kappa shape index (κ1) is 26.6. The molecule has 4 aliphatic heterocycles. The van der Waals surface area contributed by atoms with Crippen LogP contribution in [-0.2, 0) is 41.6 Å². The van der Waals surface area contributed by atoms with Crippen molar-refractivity contribution in [1.29, 1.82) is 0 Å². The Morgan fingerprint density at radius 3 is 0.857 bits per heavy atom. The Balaban J connectivity index is 1.88. The molecule has 200 valence electrons. The van der Waals surface area contributed by atoms with Crippen molar-refractivity contribution in [3.05, 3.63) is 0 Å². The van der Waals surface area contributed by atoms with Gasteiger partial charge < -0.3 is 0 Å². The van der Waals surface area contributed by atoms with Crippen LogP contribution >= 0.6 is 15.2 Å². The summed E-state index contributed by atoms with van der Waals surface area (Å²) >= 11 is 0. The van der Waals surface area contributed by atoms with Gasteiger partial charge in [0.15, 0.2) is 0 Å². The van der Waals surface area contributed by atoms with E-state index in [2.05, 4.69) is 20.3 Å². The summed E-state index contributed by atoms with van der Waals surface area (Å²) in [7, 11) is -10.3. The Morgan fingerprint density at radius 2 is 0.714 bits per heavy atom. The summed E-state index contributed by atoms with van der Waals surface area (Å²) in [5, 5.41) is 11.9. The first-order chi connectivity index (χ1) is 16.0. The van der Waals surface area contributed by atoms with E-state index in [-0.39, 0.29) is 23.7 Å². The molecule has 0 aromatic carbocycles. The number of carbonyl (C=O) groups excluding carboxylic acids is 4. The maximum atomic E-state index is 13.0. The fourth-order valence-corrected chi connectivity index (χ4v) is 13.9. The van der Waals surface area contributed by atoms with Gasteiger partial charge in [0.1, 0.15) is 0 Å². The number of rotatable bonds is 6. The molecule has 4 unspecified atom stereocenters. The van der Waals surface area contributed by atoms with Gasteiger partial charge >= 0.3 is 204 Å². The second kappa shape index (κ2) is 8.02. The summed E-state index contributed by atoms with van der Waals surface area (Å²) in [5.41, 5.74) is 0. The fourth-order valence-electron chi connectivity index (χ4n) is 4.49. The van der Waals surface area contributed by atoms with Gasteiger partial charge in [0.25, 0.3) is 0 Å². The van der Waals surface area contributed by atoms with Crippen LogP contribution in [0.4, 0.5) is 0 Å². The minimum atomic E-state index is -5.13. The molecule has 0 aromatic rings. The van der Waals surface area contributed by atoms with Crippen LogP contribution in [0.15, 0.2) is 0 Å². The molecule has 0 radical (unpaired) electrons. The Bertz CT molecular complexity index is 840. The molecule has 4 atom stereocenters. The standard InChI is InChI=1S/C20H36N4O9P2/c1-9(2)13-17(25)29-34(21-13,22-14(10(3)4)18(26)30-34)33-35(23-15(11(5)6)19(27)31-35)24-16(12(7)8)20(28)32-35/h9-16,21-24H,1-8H3. The van der Waals surface area contributed by atoms with Crippen molar-refractivity contribution in [3.63, 3.8) is 0 Å². The Kier molecular flexibility index (Phi) is 6.09. The topological polar surface area (TPSA) is 163 Å². The van der Waals surface area contributed by atoms with Crippen molar-refractivity contribution in [3.8, 4) is 0 Å². The molecular formula is C20H36N4O9P2. The molecule has 0 amide bonds. The summed E-state index contributed by atoms with van der Waals surface area (Å²) in [4.78, 5) is 52.0. The average molecular weight is 538 g/mol. The van der Waals surface area contributed by atoms with Crippen LogP contribution in [0.3, 0.4) is 0 Å². The third-order valence-corrected chi connectivity index (χ3v) is 13.8. The number of hydrogen-bond acceptors (Lipinski definition) is 13. The second-order valence-corrected chi connectivity index (χ2v) is 16.8. The third kappa shape index (κ3) is 4.05. The van der Waals surface area contributed by atoms with Gasteiger partial charge in [-0.2, -0.15) is 0 Å². The molecule has 35 heavy (non-hydrogen) atoms. The van der Waals surface area contributed by atoms with Crippen LogP contribution in [0, 0.1) is 23.7 Å². The Hall–Kier alpha value is -1.46. The maximum absolute atomic E-state index is 13.0. The molecule has 2 spiro atoms. The van der Waals surface area contributed by atoms with E-state index >= 15 is 0 Å². The molecular weight excluding hydrogens is 502 g/mol. The molecule has 0 aliphatic carbocycles.